The van der Waals surface area contributed by atoms with E-state index in [1.807, 2.05) is 11.3 Å². The lowest BCUT2D eigenvalue weighted by Crippen LogP contribution is -2.55. The summed E-state index contributed by atoms with van der Waals surface area (Å²) in [7, 11) is 0. The standard InChI is InChI=1S/C11H16N2S/c1-4-11(8-12-5-1)9-3-7-14-10(9)2-6-13-11/h3,7,12-13H,1-2,4-6,8H2. The van der Waals surface area contributed by atoms with Crippen LogP contribution in [0.15, 0.2) is 11.4 Å². The highest BCUT2D eigenvalue weighted by Crippen LogP contribution is 2.36. The fourth-order valence-electron chi connectivity index (χ4n) is 2.76. The molecule has 3 heterocycles. The fraction of sp³-hybridized carbons (Fsp3) is 0.636. The number of rotatable bonds is 0. The molecule has 0 aliphatic carbocycles. The SMILES string of the molecule is c1cc2c(s1)CCNC21CCCNC1. The molecule has 3 rings (SSSR count). The molecule has 1 fully saturated rings. The van der Waals surface area contributed by atoms with Crippen molar-refractivity contribution in [2.75, 3.05) is 19.6 Å². The van der Waals surface area contributed by atoms with E-state index in [4.69, 9.17) is 0 Å². The monoisotopic (exact) mass is 208 g/mol. The van der Waals surface area contributed by atoms with E-state index in [2.05, 4.69) is 22.1 Å². The Hall–Kier alpha value is -0.380. The Morgan fingerprint density at radius 1 is 1.36 bits per heavy atom. The van der Waals surface area contributed by atoms with Gasteiger partial charge in [0.15, 0.2) is 0 Å². The van der Waals surface area contributed by atoms with Crippen LogP contribution in [0.25, 0.3) is 0 Å². The van der Waals surface area contributed by atoms with Crippen LogP contribution in [0.3, 0.4) is 0 Å². The first-order valence-electron chi connectivity index (χ1n) is 5.43. The number of nitrogens with one attached hydrogen (secondary N) is 2. The Morgan fingerprint density at radius 3 is 3.21 bits per heavy atom. The van der Waals surface area contributed by atoms with Crippen molar-refractivity contribution in [1.29, 1.82) is 0 Å². The Balaban J connectivity index is 2.01. The molecule has 2 N–H and O–H groups in total. The van der Waals surface area contributed by atoms with E-state index < -0.39 is 0 Å². The van der Waals surface area contributed by atoms with Gasteiger partial charge in [0, 0.05) is 18.0 Å². The first kappa shape index (κ1) is 8.89. The average Bonchev–Trinajstić information content (AvgIpc) is 2.69. The Labute approximate surface area is 88.7 Å². The predicted octanol–water partition coefficient (Wildman–Crippen LogP) is 1.47. The quantitative estimate of drug-likeness (QED) is 0.675. The molecule has 0 bridgehead atoms. The molecule has 76 valence electrons. The van der Waals surface area contributed by atoms with E-state index in [0.717, 1.165) is 13.1 Å². The summed E-state index contributed by atoms with van der Waals surface area (Å²) in [5.41, 5.74) is 1.84. The molecule has 0 aromatic carbocycles. The molecule has 14 heavy (non-hydrogen) atoms. The van der Waals surface area contributed by atoms with Crippen molar-refractivity contribution < 1.29 is 0 Å². The Morgan fingerprint density at radius 2 is 2.36 bits per heavy atom. The van der Waals surface area contributed by atoms with Gasteiger partial charge in [-0.2, -0.15) is 0 Å². The average molecular weight is 208 g/mol. The van der Waals surface area contributed by atoms with Crippen molar-refractivity contribution in [3.05, 3.63) is 21.9 Å². The number of fused-ring (bicyclic) bond motifs is 2. The third-order valence-corrected chi connectivity index (χ3v) is 4.44. The van der Waals surface area contributed by atoms with Gasteiger partial charge in [0.05, 0.1) is 5.54 Å². The summed E-state index contributed by atoms with van der Waals surface area (Å²) in [4.78, 5) is 1.60. The first-order valence-corrected chi connectivity index (χ1v) is 6.31. The highest BCUT2D eigenvalue weighted by Gasteiger charge is 2.37. The number of hydrogen-bond donors (Lipinski definition) is 2. The minimum atomic E-state index is 0.270. The summed E-state index contributed by atoms with van der Waals surface area (Å²) in [5, 5.41) is 9.48. The van der Waals surface area contributed by atoms with Crippen molar-refractivity contribution in [3.63, 3.8) is 0 Å². The van der Waals surface area contributed by atoms with E-state index in [1.165, 1.54) is 25.8 Å². The molecule has 1 aromatic heterocycles. The van der Waals surface area contributed by atoms with Crippen LogP contribution >= 0.6 is 11.3 Å². The second-order valence-electron chi connectivity index (χ2n) is 4.30. The number of piperidine rings is 1. The summed E-state index contributed by atoms with van der Waals surface area (Å²) >= 11 is 1.93. The molecule has 2 nitrogen and oxygen atoms in total. The maximum Gasteiger partial charge on any atom is 0.0572 e. The molecular formula is C11H16N2S. The minimum absolute atomic E-state index is 0.270. The van der Waals surface area contributed by atoms with Gasteiger partial charge in [0.25, 0.3) is 0 Å². The largest absolute Gasteiger partial charge is 0.315 e. The zero-order valence-electron chi connectivity index (χ0n) is 8.31. The van der Waals surface area contributed by atoms with Gasteiger partial charge in [-0.25, -0.2) is 0 Å². The molecule has 1 saturated heterocycles. The van der Waals surface area contributed by atoms with E-state index in [1.54, 1.807) is 10.4 Å². The van der Waals surface area contributed by atoms with E-state index in [9.17, 15) is 0 Å². The van der Waals surface area contributed by atoms with Crippen LogP contribution in [0.1, 0.15) is 23.3 Å². The molecule has 2 aliphatic heterocycles. The summed E-state index contributed by atoms with van der Waals surface area (Å²) in [6, 6.07) is 2.32. The maximum absolute atomic E-state index is 3.72. The van der Waals surface area contributed by atoms with Gasteiger partial charge in [0.1, 0.15) is 0 Å². The highest BCUT2D eigenvalue weighted by atomic mass is 32.1. The van der Waals surface area contributed by atoms with Crippen molar-refractivity contribution in [2.45, 2.75) is 24.8 Å². The van der Waals surface area contributed by atoms with Gasteiger partial charge in [0.2, 0.25) is 0 Å². The van der Waals surface area contributed by atoms with Gasteiger partial charge in [-0.15, -0.1) is 11.3 Å². The van der Waals surface area contributed by atoms with Crippen molar-refractivity contribution in [3.8, 4) is 0 Å². The molecule has 1 atom stereocenters. The molecule has 1 spiro atoms. The van der Waals surface area contributed by atoms with E-state index >= 15 is 0 Å². The fourth-order valence-corrected chi connectivity index (χ4v) is 3.74. The Kier molecular flexibility index (Phi) is 2.11. The van der Waals surface area contributed by atoms with Crippen LogP contribution in [0.4, 0.5) is 0 Å². The topological polar surface area (TPSA) is 24.1 Å². The number of hydrogen-bond acceptors (Lipinski definition) is 3. The molecule has 3 heteroatoms. The molecule has 1 unspecified atom stereocenters. The number of thiophene rings is 1. The van der Waals surface area contributed by atoms with Crippen molar-refractivity contribution >= 4 is 11.3 Å². The lowest BCUT2D eigenvalue weighted by atomic mass is 9.81. The zero-order valence-corrected chi connectivity index (χ0v) is 9.12. The van der Waals surface area contributed by atoms with Crippen LogP contribution in [-0.4, -0.2) is 19.6 Å². The molecule has 0 amide bonds. The van der Waals surface area contributed by atoms with E-state index in [0.29, 0.717) is 0 Å². The summed E-state index contributed by atoms with van der Waals surface area (Å²) < 4.78 is 0. The lowest BCUT2D eigenvalue weighted by molar-refractivity contribution is 0.242. The first-order chi connectivity index (χ1) is 6.91. The molecule has 0 radical (unpaired) electrons. The lowest BCUT2D eigenvalue weighted by Gasteiger charge is -2.42. The van der Waals surface area contributed by atoms with Gasteiger partial charge >= 0.3 is 0 Å². The normalized spacial score (nSPS) is 31.7. The van der Waals surface area contributed by atoms with Crippen molar-refractivity contribution in [1.82, 2.24) is 10.6 Å². The van der Waals surface area contributed by atoms with Gasteiger partial charge in [-0.3, -0.25) is 0 Å². The molecule has 1 aromatic rings. The highest BCUT2D eigenvalue weighted by molar-refractivity contribution is 7.10. The third kappa shape index (κ3) is 1.23. The second kappa shape index (κ2) is 3.33. The van der Waals surface area contributed by atoms with Crippen LogP contribution in [0, 0.1) is 0 Å². The summed E-state index contributed by atoms with van der Waals surface area (Å²) in [5.74, 6) is 0. The summed E-state index contributed by atoms with van der Waals surface area (Å²) in [6.07, 6.45) is 3.81. The van der Waals surface area contributed by atoms with Crippen LogP contribution in [-0.2, 0) is 12.0 Å². The summed E-state index contributed by atoms with van der Waals surface area (Å²) in [6.45, 7) is 3.44. The van der Waals surface area contributed by atoms with Gasteiger partial charge in [-0.1, -0.05) is 0 Å². The van der Waals surface area contributed by atoms with Crippen LogP contribution < -0.4 is 10.6 Å². The second-order valence-corrected chi connectivity index (χ2v) is 5.30. The van der Waals surface area contributed by atoms with Gasteiger partial charge in [-0.05, 0) is 42.8 Å². The zero-order chi connectivity index (χ0) is 9.43. The predicted molar refractivity (Wildman–Crippen MR) is 59.8 cm³/mol. The smallest absolute Gasteiger partial charge is 0.0572 e. The minimum Gasteiger partial charge on any atom is -0.315 e. The molecular weight excluding hydrogens is 192 g/mol. The van der Waals surface area contributed by atoms with Gasteiger partial charge < -0.3 is 10.6 Å². The van der Waals surface area contributed by atoms with Crippen LogP contribution in [0.2, 0.25) is 0 Å². The molecule has 0 saturated carbocycles. The van der Waals surface area contributed by atoms with Crippen molar-refractivity contribution in [2.24, 2.45) is 0 Å². The maximum atomic E-state index is 3.72. The van der Waals surface area contributed by atoms with Crippen LogP contribution in [0.5, 0.6) is 0 Å². The molecule has 2 aliphatic rings. The third-order valence-electron chi connectivity index (χ3n) is 3.46. The van der Waals surface area contributed by atoms with E-state index in [-0.39, 0.29) is 5.54 Å². The Bertz CT molecular complexity index is 326.